The number of hydrogen-bond donors (Lipinski definition) is 0. The molecule has 0 radical (unpaired) electrons. The highest BCUT2D eigenvalue weighted by atomic mass is 79.9. The lowest BCUT2D eigenvalue weighted by Crippen LogP contribution is -2.05. The number of aryl methyl sites for hydroxylation is 1. The van der Waals surface area contributed by atoms with Crippen molar-refractivity contribution >= 4 is 33.2 Å². The van der Waals surface area contributed by atoms with Crippen molar-refractivity contribution in [3.63, 3.8) is 0 Å². The lowest BCUT2D eigenvalue weighted by molar-refractivity contribution is 0.0510. The second kappa shape index (κ2) is 4.72. The molecule has 0 atom stereocenters. The van der Waals surface area contributed by atoms with Crippen LogP contribution in [0.5, 0.6) is 0 Å². The van der Waals surface area contributed by atoms with Gasteiger partial charge in [-0.15, -0.1) is 0 Å². The van der Waals surface area contributed by atoms with E-state index in [0.29, 0.717) is 15.4 Å². The number of aromatic nitrogens is 1. The lowest BCUT2D eigenvalue weighted by atomic mass is 10.4. The Bertz CT molecular complexity index is 311. The molecule has 0 bridgehead atoms. The summed E-state index contributed by atoms with van der Waals surface area (Å²) in [7, 11) is 0. The number of carbonyl (C=O) groups is 1. The summed E-state index contributed by atoms with van der Waals surface area (Å²) in [5.41, 5.74) is 0.720. The van der Waals surface area contributed by atoms with Crippen LogP contribution in [-0.2, 0) is 4.74 Å². The third kappa shape index (κ3) is 2.77. The Hall–Kier alpha value is -0.420. The lowest BCUT2D eigenvalue weighted by Gasteiger charge is -1.99. The topological polar surface area (TPSA) is 39.2 Å². The third-order valence-corrected chi connectivity index (χ3v) is 2.98. The average molecular weight is 264 g/mol. The van der Waals surface area contributed by atoms with Gasteiger partial charge < -0.3 is 4.74 Å². The SMILES string of the molecule is CCCOC(=O)c1sc(Br)nc1C. The van der Waals surface area contributed by atoms with Crippen LogP contribution in [0.25, 0.3) is 0 Å². The quantitative estimate of drug-likeness (QED) is 0.788. The minimum Gasteiger partial charge on any atom is -0.461 e. The number of halogens is 1. The molecule has 0 saturated heterocycles. The Labute approximate surface area is 89.3 Å². The van der Waals surface area contributed by atoms with Crippen molar-refractivity contribution in [1.82, 2.24) is 4.98 Å². The Morgan fingerprint density at radius 1 is 1.69 bits per heavy atom. The molecule has 72 valence electrons. The fraction of sp³-hybridized carbons (Fsp3) is 0.500. The maximum Gasteiger partial charge on any atom is 0.350 e. The van der Waals surface area contributed by atoms with Gasteiger partial charge in [0.25, 0.3) is 0 Å². The second-order valence-electron chi connectivity index (χ2n) is 2.52. The van der Waals surface area contributed by atoms with E-state index in [-0.39, 0.29) is 5.97 Å². The summed E-state index contributed by atoms with van der Waals surface area (Å²) in [5, 5.41) is 0. The fourth-order valence-corrected chi connectivity index (χ4v) is 2.25. The average Bonchev–Trinajstić information content (AvgIpc) is 2.41. The zero-order chi connectivity index (χ0) is 9.84. The summed E-state index contributed by atoms with van der Waals surface area (Å²) >= 11 is 4.52. The summed E-state index contributed by atoms with van der Waals surface area (Å²) < 4.78 is 5.70. The molecule has 0 spiro atoms. The standard InChI is InChI=1S/C8H10BrNO2S/c1-3-4-12-7(11)6-5(2)10-8(9)13-6/h3-4H2,1-2H3. The first-order chi connectivity index (χ1) is 6.15. The zero-order valence-corrected chi connectivity index (χ0v) is 9.87. The van der Waals surface area contributed by atoms with E-state index in [4.69, 9.17) is 4.74 Å². The van der Waals surface area contributed by atoms with Gasteiger partial charge in [-0.05, 0) is 29.3 Å². The van der Waals surface area contributed by atoms with Gasteiger partial charge in [0.1, 0.15) is 4.88 Å². The predicted molar refractivity (Wildman–Crippen MR) is 55.1 cm³/mol. The number of ether oxygens (including phenoxy) is 1. The van der Waals surface area contributed by atoms with Gasteiger partial charge in [-0.1, -0.05) is 18.3 Å². The summed E-state index contributed by atoms with van der Waals surface area (Å²) in [6.07, 6.45) is 0.838. The minimum absolute atomic E-state index is 0.275. The molecule has 1 rings (SSSR count). The summed E-state index contributed by atoms with van der Waals surface area (Å²) in [4.78, 5) is 16.0. The van der Waals surface area contributed by atoms with Gasteiger partial charge in [0.2, 0.25) is 0 Å². The van der Waals surface area contributed by atoms with Crippen LogP contribution < -0.4 is 0 Å². The first-order valence-electron chi connectivity index (χ1n) is 3.95. The van der Waals surface area contributed by atoms with E-state index >= 15 is 0 Å². The number of carbonyl (C=O) groups excluding carboxylic acids is 1. The van der Waals surface area contributed by atoms with Crippen molar-refractivity contribution < 1.29 is 9.53 Å². The molecule has 0 aliphatic carbocycles. The summed E-state index contributed by atoms with van der Waals surface area (Å²) in [6.45, 7) is 4.22. The van der Waals surface area contributed by atoms with E-state index in [9.17, 15) is 4.79 Å². The van der Waals surface area contributed by atoms with Gasteiger partial charge in [0.05, 0.1) is 12.3 Å². The first-order valence-corrected chi connectivity index (χ1v) is 5.56. The Kier molecular flexibility index (Phi) is 3.87. The first kappa shape index (κ1) is 10.7. The van der Waals surface area contributed by atoms with Crippen LogP contribution >= 0.6 is 27.3 Å². The molecule has 0 aliphatic heterocycles. The molecule has 0 aliphatic rings. The Morgan fingerprint density at radius 3 is 2.85 bits per heavy atom. The molecule has 0 saturated carbocycles. The number of nitrogens with zero attached hydrogens (tertiary/aromatic N) is 1. The Morgan fingerprint density at radius 2 is 2.38 bits per heavy atom. The predicted octanol–water partition coefficient (Wildman–Crippen LogP) is 2.78. The molecule has 0 N–H and O–H groups in total. The number of esters is 1. The highest BCUT2D eigenvalue weighted by molar-refractivity contribution is 9.11. The van der Waals surface area contributed by atoms with E-state index < -0.39 is 0 Å². The molecule has 0 fully saturated rings. The number of hydrogen-bond acceptors (Lipinski definition) is 4. The normalized spacial score (nSPS) is 10.1. The van der Waals surface area contributed by atoms with Crippen molar-refractivity contribution in [2.24, 2.45) is 0 Å². The van der Waals surface area contributed by atoms with Gasteiger partial charge in [-0.3, -0.25) is 0 Å². The number of thiazole rings is 1. The van der Waals surface area contributed by atoms with Gasteiger partial charge in [-0.2, -0.15) is 0 Å². The maximum absolute atomic E-state index is 11.4. The molecule has 1 aromatic heterocycles. The Balaban J connectivity index is 2.70. The van der Waals surface area contributed by atoms with Crippen LogP contribution in [0.15, 0.2) is 3.92 Å². The van der Waals surface area contributed by atoms with Crippen LogP contribution in [-0.4, -0.2) is 17.6 Å². The highest BCUT2D eigenvalue weighted by Crippen LogP contribution is 2.23. The molecular formula is C8H10BrNO2S. The van der Waals surface area contributed by atoms with Gasteiger partial charge in [0.15, 0.2) is 3.92 Å². The molecule has 1 aromatic rings. The summed E-state index contributed by atoms with van der Waals surface area (Å²) in [5.74, 6) is -0.275. The molecule has 3 nitrogen and oxygen atoms in total. The van der Waals surface area contributed by atoms with Crippen molar-refractivity contribution in [3.05, 3.63) is 14.5 Å². The van der Waals surface area contributed by atoms with Crippen LogP contribution in [0.3, 0.4) is 0 Å². The molecule has 0 unspecified atom stereocenters. The van der Waals surface area contributed by atoms with E-state index in [0.717, 1.165) is 12.1 Å². The number of rotatable bonds is 3. The van der Waals surface area contributed by atoms with Crippen molar-refractivity contribution in [3.8, 4) is 0 Å². The second-order valence-corrected chi connectivity index (χ2v) is 4.79. The molecule has 0 aromatic carbocycles. The molecule has 13 heavy (non-hydrogen) atoms. The van der Waals surface area contributed by atoms with E-state index in [1.54, 1.807) is 6.92 Å². The van der Waals surface area contributed by atoms with Crippen LogP contribution in [0.1, 0.15) is 28.7 Å². The van der Waals surface area contributed by atoms with Gasteiger partial charge >= 0.3 is 5.97 Å². The highest BCUT2D eigenvalue weighted by Gasteiger charge is 2.14. The zero-order valence-electron chi connectivity index (χ0n) is 7.46. The van der Waals surface area contributed by atoms with E-state index in [1.165, 1.54) is 11.3 Å². The maximum atomic E-state index is 11.4. The molecule has 0 amide bonds. The molecule has 5 heteroatoms. The van der Waals surface area contributed by atoms with Crippen molar-refractivity contribution in [2.45, 2.75) is 20.3 Å². The molecular weight excluding hydrogens is 254 g/mol. The van der Waals surface area contributed by atoms with Gasteiger partial charge in [0, 0.05) is 0 Å². The minimum atomic E-state index is -0.275. The smallest absolute Gasteiger partial charge is 0.350 e. The third-order valence-electron chi connectivity index (χ3n) is 1.39. The largest absolute Gasteiger partial charge is 0.461 e. The van der Waals surface area contributed by atoms with Crippen LogP contribution in [0.2, 0.25) is 0 Å². The van der Waals surface area contributed by atoms with E-state index in [1.807, 2.05) is 6.92 Å². The summed E-state index contributed by atoms with van der Waals surface area (Å²) in [6, 6.07) is 0. The van der Waals surface area contributed by atoms with Crippen LogP contribution in [0, 0.1) is 6.92 Å². The van der Waals surface area contributed by atoms with E-state index in [2.05, 4.69) is 20.9 Å². The van der Waals surface area contributed by atoms with Crippen LogP contribution in [0.4, 0.5) is 0 Å². The van der Waals surface area contributed by atoms with Gasteiger partial charge in [-0.25, -0.2) is 9.78 Å². The molecule has 1 heterocycles. The fourth-order valence-electron chi connectivity index (χ4n) is 0.813. The van der Waals surface area contributed by atoms with Crippen molar-refractivity contribution in [2.75, 3.05) is 6.61 Å². The van der Waals surface area contributed by atoms with Crippen molar-refractivity contribution in [1.29, 1.82) is 0 Å². The monoisotopic (exact) mass is 263 g/mol.